The normalized spacial score (nSPS) is 19.9. The molecule has 0 spiro atoms. The number of nitrogens with one attached hydrogen (secondary N) is 3. The average Bonchev–Trinajstić information content (AvgIpc) is 2.63. The van der Waals surface area contributed by atoms with Crippen molar-refractivity contribution < 1.29 is 14.3 Å². The van der Waals surface area contributed by atoms with Gasteiger partial charge in [0.1, 0.15) is 0 Å². The number of carbonyl (C=O) groups is 2. The molecule has 2 rings (SSSR count). The monoisotopic (exact) mass is 371 g/mol. The summed E-state index contributed by atoms with van der Waals surface area (Å²) in [5, 5.41) is 8.79. The van der Waals surface area contributed by atoms with Gasteiger partial charge in [0.15, 0.2) is 0 Å². The topological polar surface area (TPSA) is 79.5 Å². The molecule has 146 valence electrons. The molecule has 6 nitrogen and oxygen atoms in total. The van der Waals surface area contributed by atoms with Gasteiger partial charge in [0.05, 0.1) is 11.7 Å². The lowest BCUT2D eigenvalue weighted by atomic mass is 10.0. The molecule has 2 atom stereocenters. The van der Waals surface area contributed by atoms with Crippen molar-refractivity contribution >= 4 is 11.8 Å². The van der Waals surface area contributed by atoms with Crippen LogP contribution < -0.4 is 16.0 Å². The number of ether oxygens (including phenoxy) is 1. The van der Waals surface area contributed by atoms with Crippen LogP contribution in [0.4, 0.5) is 0 Å². The van der Waals surface area contributed by atoms with Crippen LogP contribution in [0.15, 0.2) is 48.3 Å². The first-order valence-electron chi connectivity index (χ1n) is 9.27. The van der Waals surface area contributed by atoms with Crippen LogP contribution >= 0.6 is 0 Å². The van der Waals surface area contributed by atoms with Gasteiger partial charge in [0.2, 0.25) is 11.6 Å². The third-order valence-corrected chi connectivity index (χ3v) is 4.33. The zero-order valence-corrected chi connectivity index (χ0v) is 16.6. The highest BCUT2D eigenvalue weighted by Gasteiger charge is 2.38. The lowest BCUT2D eigenvalue weighted by molar-refractivity contribution is -0.143. The van der Waals surface area contributed by atoms with E-state index in [0.29, 0.717) is 12.3 Å². The van der Waals surface area contributed by atoms with Gasteiger partial charge >= 0.3 is 0 Å². The highest BCUT2D eigenvalue weighted by atomic mass is 16.5. The summed E-state index contributed by atoms with van der Waals surface area (Å²) >= 11 is 0. The van der Waals surface area contributed by atoms with E-state index in [1.165, 1.54) is 0 Å². The highest BCUT2D eigenvalue weighted by Crippen LogP contribution is 2.20. The Hall–Kier alpha value is -2.60. The van der Waals surface area contributed by atoms with Crippen LogP contribution in [0.2, 0.25) is 0 Å². The van der Waals surface area contributed by atoms with Crippen molar-refractivity contribution in [2.75, 3.05) is 6.61 Å². The minimum Gasteiger partial charge on any atom is -0.351 e. The summed E-state index contributed by atoms with van der Waals surface area (Å²) in [6, 6.07) is 7.84. The van der Waals surface area contributed by atoms with Crippen LogP contribution in [0.25, 0.3) is 0 Å². The number of hydrogen-bond acceptors (Lipinski definition) is 4. The summed E-state index contributed by atoms with van der Waals surface area (Å²) < 4.78 is 5.73. The molecule has 0 saturated carbocycles. The molecular weight excluding hydrogens is 342 g/mol. The van der Waals surface area contributed by atoms with Crippen LogP contribution in [0, 0.1) is 12.8 Å². The van der Waals surface area contributed by atoms with E-state index in [1.807, 2.05) is 58.9 Å². The van der Waals surface area contributed by atoms with Gasteiger partial charge in [-0.1, -0.05) is 43.7 Å². The number of hydrogen-bond donors (Lipinski definition) is 3. The fourth-order valence-electron chi connectivity index (χ4n) is 2.70. The van der Waals surface area contributed by atoms with Gasteiger partial charge in [-0.15, -0.1) is 0 Å². The molecule has 0 aromatic heterocycles. The standard InChI is InChI=1S/C21H29N3O3/c1-6-27-21(11-10-18(13-22-21)24-19(25)14(2)3)20(26)23-16(5)17-9-7-8-15(4)12-17/h7-14,16,22H,6H2,1-5H3,(H,23,26)(H,24,25). The molecule has 1 aliphatic heterocycles. The molecule has 1 aliphatic rings. The summed E-state index contributed by atoms with van der Waals surface area (Å²) in [6.07, 6.45) is 4.90. The lowest BCUT2D eigenvalue weighted by Crippen LogP contribution is -2.57. The van der Waals surface area contributed by atoms with Crippen LogP contribution in [0.3, 0.4) is 0 Å². The van der Waals surface area contributed by atoms with Crippen molar-refractivity contribution in [3.63, 3.8) is 0 Å². The van der Waals surface area contributed by atoms with Crippen molar-refractivity contribution in [1.82, 2.24) is 16.0 Å². The van der Waals surface area contributed by atoms with Crippen molar-refractivity contribution in [3.05, 3.63) is 59.4 Å². The molecule has 0 bridgehead atoms. The van der Waals surface area contributed by atoms with E-state index in [4.69, 9.17) is 4.74 Å². The van der Waals surface area contributed by atoms with Crippen molar-refractivity contribution in [1.29, 1.82) is 0 Å². The Morgan fingerprint density at radius 2 is 2.00 bits per heavy atom. The molecular formula is C21H29N3O3. The fraction of sp³-hybridized carbons (Fsp3) is 0.429. The van der Waals surface area contributed by atoms with Gasteiger partial charge in [-0.25, -0.2) is 0 Å². The molecule has 1 aromatic rings. The Balaban J connectivity index is 2.10. The highest BCUT2D eigenvalue weighted by molar-refractivity contribution is 5.88. The van der Waals surface area contributed by atoms with Crippen molar-refractivity contribution in [2.24, 2.45) is 5.92 Å². The molecule has 2 unspecified atom stereocenters. The number of benzene rings is 1. The summed E-state index contributed by atoms with van der Waals surface area (Å²) in [7, 11) is 0. The van der Waals surface area contributed by atoms with Crippen LogP contribution in [0.1, 0.15) is 44.9 Å². The number of dihydropyridines is 1. The second-order valence-electron chi connectivity index (χ2n) is 7.00. The molecule has 2 amide bonds. The van der Waals surface area contributed by atoms with E-state index in [0.717, 1.165) is 11.1 Å². The zero-order chi connectivity index (χ0) is 20.0. The molecule has 27 heavy (non-hydrogen) atoms. The number of carbonyl (C=O) groups excluding carboxylic acids is 2. The molecule has 6 heteroatoms. The van der Waals surface area contributed by atoms with E-state index in [1.54, 1.807) is 18.4 Å². The number of amides is 2. The predicted octanol–water partition coefficient (Wildman–Crippen LogP) is 2.68. The summed E-state index contributed by atoms with van der Waals surface area (Å²) in [5.41, 5.74) is 1.44. The smallest absolute Gasteiger partial charge is 0.278 e. The van der Waals surface area contributed by atoms with E-state index >= 15 is 0 Å². The van der Waals surface area contributed by atoms with Crippen molar-refractivity contribution in [2.45, 2.75) is 46.4 Å². The largest absolute Gasteiger partial charge is 0.351 e. The molecule has 1 heterocycles. The molecule has 3 N–H and O–H groups in total. The molecule has 0 saturated heterocycles. The summed E-state index contributed by atoms with van der Waals surface area (Å²) in [5.74, 6) is -0.509. The van der Waals surface area contributed by atoms with Crippen molar-refractivity contribution in [3.8, 4) is 0 Å². The fourth-order valence-corrected chi connectivity index (χ4v) is 2.70. The SMILES string of the molecule is CCOC1(C(=O)NC(C)c2cccc(C)c2)C=CC(NC(=O)C(C)C)=CN1. The van der Waals surface area contributed by atoms with E-state index < -0.39 is 5.72 Å². The molecule has 1 aromatic carbocycles. The first-order valence-corrected chi connectivity index (χ1v) is 9.27. The summed E-state index contributed by atoms with van der Waals surface area (Å²) in [6.45, 7) is 9.77. The average molecular weight is 371 g/mol. The molecule has 0 radical (unpaired) electrons. The molecule has 0 aliphatic carbocycles. The zero-order valence-electron chi connectivity index (χ0n) is 16.6. The minimum absolute atomic E-state index is 0.0888. The third-order valence-electron chi connectivity index (χ3n) is 4.33. The molecule has 0 fully saturated rings. The van der Waals surface area contributed by atoms with Gasteiger partial charge < -0.3 is 20.7 Å². The maximum atomic E-state index is 12.9. The number of allylic oxidation sites excluding steroid dienone is 1. The first-order chi connectivity index (χ1) is 12.8. The van der Waals surface area contributed by atoms with Gasteiger partial charge in [-0.05, 0) is 38.5 Å². The minimum atomic E-state index is -1.31. The maximum Gasteiger partial charge on any atom is 0.278 e. The van der Waals surface area contributed by atoms with Crippen LogP contribution in [0.5, 0.6) is 0 Å². The lowest BCUT2D eigenvalue weighted by Gasteiger charge is -2.33. The quantitative estimate of drug-likeness (QED) is 0.688. The Kier molecular flexibility index (Phi) is 6.80. The number of rotatable bonds is 7. The van der Waals surface area contributed by atoms with Crippen LogP contribution in [-0.4, -0.2) is 24.1 Å². The predicted molar refractivity (Wildman–Crippen MR) is 105 cm³/mol. The number of aryl methyl sites for hydroxylation is 1. The summed E-state index contributed by atoms with van der Waals surface area (Å²) in [4.78, 5) is 24.8. The second kappa shape index (κ2) is 8.86. The van der Waals surface area contributed by atoms with E-state index in [-0.39, 0.29) is 23.8 Å². The Morgan fingerprint density at radius 1 is 1.26 bits per heavy atom. The Bertz CT molecular complexity index is 755. The second-order valence-corrected chi connectivity index (χ2v) is 7.00. The maximum absolute atomic E-state index is 12.9. The van der Waals surface area contributed by atoms with Gasteiger partial charge in [-0.2, -0.15) is 0 Å². The van der Waals surface area contributed by atoms with E-state index in [9.17, 15) is 9.59 Å². The van der Waals surface area contributed by atoms with Crippen LogP contribution in [-0.2, 0) is 14.3 Å². The first kappa shape index (κ1) is 20.7. The Labute approximate surface area is 161 Å². The van der Waals surface area contributed by atoms with Gasteiger partial charge in [0, 0.05) is 18.7 Å². The van der Waals surface area contributed by atoms with Gasteiger partial charge in [-0.3, -0.25) is 9.59 Å². The third kappa shape index (κ3) is 5.20. The van der Waals surface area contributed by atoms with Gasteiger partial charge in [0.25, 0.3) is 5.91 Å². The van der Waals surface area contributed by atoms with E-state index in [2.05, 4.69) is 16.0 Å². The Morgan fingerprint density at radius 3 is 2.56 bits per heavy atom.